The molecular formula is C19H16N4O2. The molecule has 1 aromatic carbocycles. The molecule has 1 amide bonds. The first-order valence-electron chi connectivity index (χ1n) is 7.93. The van der Waals surface area contributed by atoms with Crippen LogP contribution in [0.4, 0.5) is 0 Å². The molecular weight excluding hydrogens is 316 g/mol. The van der Waals surface area contributed by atoms with Crippen LogP contribution in [0.25, 0.3) is 17.0 Å². The topological polar surface area (TPSA) is 72.4 Å². The third kappa shape index (κ3) is 3.01. The second kappa shape index (κ2) is 6.24. The molecule has 0 saturated heterocycles. The maximum absolute atomic E-state index is 12.4. The van der Waals surface area contributed by atoms with Gasteiger partial charge in [-0.05, 0) is 30.7 Å². The number of rotatable bonds is 4. The van der Waals surface area contributed by atoms with Crippen LogP contribution in [0.1, 0.15) is 21.6 Å². The minimum absolute atomic E-state index is 0.191. The predicted octanol–water partition coefficient (Wildman–Crippen LogP) is 3.23. The average molecular weight is 332 g/mol. The Balaban J connectivity index is 1.47. The van der Waals surface area contributed by atoms with Crippen molar-refractivity contribution in [2.75, 3.05) is 0 Å². The number of nitrogens with one attached hydrogen (secondary N) is 1. The Morgan fingerprint density at radius 1 is 1.20 bits per heavy atom. The molecule has 4 aromatic rings. The maximum atomic E-state index is 12.4. The molecule has 124 valence electrons. The highest BCUT2D eigenvalue weighted by Crippen LogP contribution is 2.20. The van der Waals surface area contributed by atoms with Crippen molar-refractivity contribution < 1.29 is 9.21 Å². The molecule has 1 N–H and O–H groups in total. The molecule has 0 bridgehead atoms. The van der Waals surface area contributed by atoms with E-state index in [4.69, 9.17) is 4.42 Å². The highest BCUT2D eigenvalue weighted by atomic mass is 16.3. The first kappa shape index (κ1) is 15.1. The highest BCUT2D eigenvalue weighted by Gasteiger charge is 2.13. The van der Waals surface area contributed by atoms with E-state index in [-0.39, 0.29) is 5.91 Å². The Morgan fingerprint density at radius 3 is 2.80 bits per heavy atom. The molecule has 0 fully saturated rings. The van der Waals surface area contributed by atoms with Crippen LogP contribution in [0.5, 0.6) is 0 Å². The van der Waals surface area contributed by atoms with Crippen molar-refractivity contribution in [2.24, 2.45) is 0 Å². The van der Waals surface area contributed by atoms with Crippen molar-refractivity contribution in [1.82, 2.24) is 19.9 Å². The molecule has 0 aliphatic carbocycles. The number of carbonyl (C=O) groups excluding carboxylic acids is 1. The normalized spacial score (nSPS) is 10.9. The molecule has 0 unspecified atom stereocenters. The van der Waals surface area contributed by atoms with E-state index in [9.17, 15) is 4.79 Å². The summed E-state index contributed by atoms with van der Waals surface area (Å²) in [6.07, 6.45) is 4.98. The van der Waals surface area contributed by atoms with Crippen molar-refractivity contribution in [3.63, 3.8) is 0 Å². The zero-order valence-corrected chi connectivity index (χ0v) is 13.6. The van der Waals surface area contributed by atoms with Gasteiger partial charge >= 0.3 is 0 Å². The molecule has 0 saturated carbocycles. The number of fused-ring (bicyclic) bond motifs is 1. The summed E-state index contributed by atoms with van der Waals surface area (Å²) >= 11 is 0. The minimum Gasteiger partial charge on any atom is -0.464 e. The molecule has 4 rings (SSSR count). The molecule has 0 atom stereocenters. The zero-order chi connectivity index (χ0) is 17.2. The fraction of sp³-hybridized carbons (Fsp3) is 0.105. The molecule has 6 heteroatoms. The van der Waals surface area contributed by atoms with Gasteiger partial charge in [0.1, 0.15) is 11.3 Å². The van der Waals surface area contributed by atoms with Crippen molar-refractivity contribution in [3.05, 3.63) is 77.9 Å². The van der Waals surface area contributed by atoms with Gasteiger partial charge in [0, 0.05) is 24.0 Å². The first-order valence-corrected chi connectivity index (χ1v) is 7.93. The Kier molecular flexibility index (Phi) is 3.78. The Bertz CT molecular complexity index is 1020. The molecule has 3 aromatic heterocycles. The standard InChI is InChI=1S/C19H16N4O2/c1-13-8-9-23-18(22-13)16(12-21-23)19(24)20-11-14-4-6-15(7-5-14)17-3-2-10-25-17/h2-10,12H,11H2,1H3,(H,20,24). The van der Waals surface area contributed by atoms with Crippen LogP contribution >= 0.6 is 0 Å². The molecule has 0 aliphatic heterocycles. The SMILES string of the molecule is Cc1ccn2ncc(C(=O)NCc3ccc(-c4ccco4)cc3)c2n1. The predicted molar refractivity (Wildman–Crippen MR) is 93.0 cm³/mol. The third-order valence-electron chi connectivity index (χ3n) is 3.97. The van der Waals surface area contributed by atoms with E-state index in [2.05, 4.69) is 15.4 Å². The number of aryl methyl sites for hydroxylation is 1. The van der Waals surface area contributed by atoms with Crippen LogP contribution < -0.4 is 5.32 Å². The lowest BCUT2D eigenvalue weighted by Gasteiger charge is -2.05. The summed E-state index contributed by atoms with van der Waals surface area (Å²) in [6, 6.07) is 13.5. The van der Waals surface area contributed by atoms with Crippen molar-refractivity contribution in [3.8, 4) is 11.3 Å². The number of benzene rings is 1. The Hall–Kier alpha value is -3.41. The van der Waals surface area contributed by atoms with E-state index < -0.39 is 0 Å². The van der Waals surface area contributed by atoms with Crippen LogP contribution in [0.3, 0.4) is 0 Å². The number of nitrogens with zero attached hydrogens (tertiary/aromatic N) is 3. The monoisotopic (exact) mass is 332 g/mol. The van der Waals surface area contributed by atoms with Gasteiger partial charge < -0.3 is 9.73 Å². The van der Waals surface area contributed by atoms with E-state index in [0.29, 0.717) is 17.8 Å². The number of amides is 1. The second-order valence-corrected chi connectivity index (χ2v) is 5.75. The van der Waals surface area contributed by atoms with Gasteiger partial charge in [-0.3, -0.25) is 4.79 Å². The van der Waals surface area contributed by atoms with Gasteiger partial charge in [0.05, 0.1) is 12.5 Å². The third-order valence-corrected chi connectivity index (χ3v) is 3.97. The molecule has 25 heavy (non-hydrogen) atoms. The smallest absolute Gasteiger partial charge is 0.257 e. The van der Waals surface area contributed by atoms with E-state index in [0.717, 1.165) is 22.6 Å². The number of hydrogen-bond donors (Lipinski definition) is 1. The summed E-state index contributed by atoms with van der Waals surface area (Å²) in [4.78, 5) is 16.8. The fourth-order valence-electron chi connectivity index (χ4n) is 2.63. The lowest BCUT2D eigenvalue weighted by molar-refractivity contribution is 0.0952. The van der Waals surface area contributed by atoms with Crippen LogP contribution in [0.2, 0.25) is 0 Å². The maximum Gasteiger partial charge on any atom is 0.257 e. The number of hydrogen-bond acceptors (Lipinski definition) is 4. The zero-order valence-electron chi connectivity index (χ0n) is 13.6. The molecule has 0 aliphatic rings. The van der Waals surface area contributed by atoms with Gasteiger partial charge in [0.15, 0.2) is 5.65 Å². The van der Waals surface area contributed by atoms with Crippen LogP contribution in [-0.2, 0) is 6.54 Å². The molecule has 3 heterocycles. The van der Waals surface area contributed by atoms with Crippen molar-refractivity contribution in [1.29, 1.82) is 0 Å². The fourth-order valence-corrected chi connectivity index (χ4v) is 2.63. The summed E-state index contributed by atoms with van der Waals surface area (Å²) in [5.41, 5.74) is 3.88. The summed E-state index contributed by atoms with van der Waals surface area (Å²) in [6.45, 7) is 2.32. The van der Waals surface area contributed by atoms with Gasteiger partial charge in [-0.15, -0.1) is 0 Å². The molecule has 6 nitrogen and oxygen atoms in total. The molecule has 0 radical (unpaired) electrons. The van der Waals surface area contributed by atoms with E-state index in [1.165, 1.54) is 6.20 Å². The highest BCUT2D eigenvalue weighted by molar-refractivity contribution is 5.99. The van der Waals surface area contributed by atoms with Gasteiger partial charge in [-0.2, -0.15) is 5.10 Å². The first-order chi connectivity index (χ1) is 12.2. The van der Waals surface area contributed by atoms with E-state index in [1.807, 2.05) is 49.4 Å². The largest absolute Gasteiger partial charge is 0.464 e. The van der Waals surface area contributed by atoms with Gasteiger partial charge in [0.2, 0.25) is 0 Å². The summed E-state index contributed by atoms with van der Waals surface area (Å²) in [5.74, 6) is 0.631. The van der Waals surface area contributed by atoms with Crippen molar-refractivity contribution >= 4 is 11.6 Å². The van der Waals surface area contributed by atoms with Gasteiger partial charge in [-0.25, -0.2) is 9.50 Å². The van der Waals surface area contributed by atoms with E-state index >= 15 is 0 Å². The lowest BCUT2D eigenvalue weighted by atomic mass is 10.1. The van der Waals surface area contributed by atoms with Crippen LogP contribution in [0, 0.1) is 6.92 Å². The Morgan fingerprint density at radius 2 is 2.04 bits per heavy atom. The van der Waals surface area contributed by atoms with Crippen molar-refractivity contribution in [2.45, 2.75) is 13.5 Å². The van der Waals surface area contributed by atoms with Gasteiger partial charge in [0.25, 0.3) is 5.91 Å². The lowest BCUT2D eigenvalue weighted by Crippen LogP contribution is -2.22. The van der Waals surface area contributed by atoms with Crippen LogP contribution in [0.15, 0.2) is 65.5 Å². The number of furan rings is 1. The Labute approximate surface area is 144 Å². The molecule has 0 spiro atoms. The van der Waals surface area contributed by atoms with Crippen LogP contribution in [-0.4, -0.2) is 20.5 Å². The summed E-state index contributed by atoms with van der Waals surface area (Å²) in [7, 11) is 0. The number of aromatic nitrogens is 3. The average Bonchev–Trinajstić information content (AvgIpc) is 3.29. The number of carbonyl (C=O) groups is 1. The summed E-state index contributed by atoms with van der Waals surface area (Å²) < 4.78 is 6.97. The summed E-state index contributed by atoms with van der Waals surface area (Å²) in [5, 5.41) is 7.07. The van der Waals surface area contributed by atoms with E-state index in [1.54, 1.807) is 17.0 Å². The van der Waals surface area contributed by atoms with Gasteiger partial charge in [-0.1, -0.05) is 24.3 Å². The minimum atomic E-state index is -0.191. The quantitative estimate of drug-likeness (QED) is 0.623. The second-order valence-electron chi connectivity index (χ2n) is 5.75.